The van der Waals surface area contributed by atoms with Crippen molar-refractivity contribution in [1.29, 1.82) is 0 Å². The first kappa shape index (κ1) is 16.5. The Kier molecular flexibility index (Phi) is 4.96. The number of carbonyl (C=O) groups excluding carboxylic acids is 1. The number of hydrogen-bond donors (Lipinski definition) is 3. The molecular formula is C12H13ClN6O4. The third kappa shape index (κ3) is 4.07. The number of nitrogens with two attached hydrogens (primary N) is 1. The Labute approximate surface area is 135 Å². The lowest BCUT2D eigenvalue weighted by Crippen LogP contribution is -2.35. The van der Waals surface area contributed by atoms with E-state index in [1.165, 1.54) is 18.2 Å². The zero-order valence-corrected chi connectivity index (χ0v) is 12.7. The van der Waals surface area contributed by atoms with E-state index < -0.39 is 10.8 Å². The summed E-state index contributed by atoms with van der Waals surface area (Å²) in [4.78, 5) is 21.9. The Balaban J connectivity index is 1.92. The van der Waals surface area contributed by atoms with E-state index in [9.17, 15) is 14.9 Å². The van der Waals surface area contributed by atoms with Gasteiger partial charge in [-0.15, -0.1) is 0 Å². The van der Waals surface area contributed by atoms with Crippen LogP contribution < -0.4 is 16.4 Å². The average molecular weight is 341 g/mol. The standard InChI is InChI=1S/C12H13ClN6O4/c1-6(5-15-12(20)10-11(14)18-23-17-10)16-9-3-2-7(19(21)22)4-8(9)13/h2-4,6,16H,5H2,1H3,(H2,14,18)(H,15,20). The fourth-order valence-corrected chi connectivity index (χ4v) is 1.96. The molecule has 1 unspecified atom stereocenters. The average Bonchev–Trinajstić information content (AvgIpc) is 2.93. The molecule has 10 nitrogen and oxygen atoms in total. The van der Waals surface area contributed by atoms with Crippen molar-refractivity contribution in [2.24, 2.45) is 0 Å². The van der Waals surface area contributed by atoms with Crippen molar-refractivity contribution < 1.29 is 14.3 Å². The summed E-state index contributed by atoms with van der Waals surface area (Å²) < 4.78 is 4.34. The minimum Gasteiger partial charge on any atom is -0.380 e. The highest BCUT2D eigenvalue weighted by Gasteiger charge is 2.17. The second-order valence-electron chi connectivity index (χ2n) is 4.67. The zero-order chi connectivity index (χ0) is 17.0. The summed E-state index contributed by atoms with van der Waals surface area (Å²) in [6, 6.07) is 3.87. The fraction of sp³-hybridized carbons (Fsp3) is 0.250. The normalized spacial score (nSPS) is 11.7. The molecule has 2 rings (SSSR count). The second kappa shape index (κ2) is 6.92. The number of nitrogen functional groups attached to an aromatic ring is 1. The molecular weight excluding hydrogens is 328 g/mol. The molecule has 0 aliphatic carbocycles. The number of non-ortho nitro benzene ring substituents is 1. The number of nitrogens with zero attached hydrogens (tertiary/aromatic N) is 3. The molecule has 4 N–H and O–H groups in total. The van der Waals surface area contributed by atoms with E-state index in [4.69, 9.17) is 17.3 Å². The van der Waals surface area contributed by atoms with Gasteiger partial charge in [-0.1, -0.05) is 11.6 Å². The SMILES string of the molecule is CC(CNC(=O)c1nonc1N)Nc1ccc([N+](=O)[O-])cc1Cl. The second-order valence-corrected chi connectivity index (χ2v) is 5.08. The fourth-order valence-electron chi connectivity index (χ4n) is 1.73. The number of aromatic nitrogens is 2. The van der Waals surface area contributed by atoms with E-state index in [1.54, 1.807) is 6.92 Å². The van der Waals surface area contributed by atoms with Crippen LogP contribution >= 0.6 is 11.6 Å². The van der Waals surface area contributed by atoms with Crippen LogP contribution in [-0.4, -0.2) is 33.7 Å². The van der Waals surface area contributed by atoms with E-state index in [2.05, 4.69) is 25.6 Å². The maximum absolute atomic E-state index is 11.8. The first-order chi connectivity index (χ1) is 10.9. The molecule has 1 amide bonds. The molecule has 0 aliphatic rings. The van der Waals surface area contributed by atoms with Gasteiger partial charge in [0.2, 0.25) is 11.5 Å². The van der Waals surface area contributed by atoms with Crippen LogP contribution in [0.25, 0.3) is 0 Å². The van der Waals surface area contributed by atoms with Crippen LogP contribution in [0.3, 0.4) is 0 Å². The third-order valence-electron chi connectivity index (χ3n) is 2.86. The number of hydrogen-bond acceptors (Lipinski definition) is 8. The molecule has 0 aliphatic heterocycles. The van der Waals surface area contributed by atoms with Crippen molar-refractivity contribution in [1.82, 2.24) is 15.6 Å². The van der Waals surface area contributed by atoms with Crippen molar-refractivity contribution in [2.75, 3.05) is 17.6 Å². The monoisotopic (exact) mass is 340 g/mol. The highest BCUT2D eigenvalue weighted by atomic mass is 35.5. The molecule has 11 heteroatoms. The van der Waals surface area contributed by atoms with Crippen molar-refractivity contribution in [2.45, 2.75) is 13.0 Å². The maximum atomic E-state index is 11.8. The maximum Gasteiger partial charge on any atom is 0.277 e. The minimum absolute atomic E-state index is 0.0921. The summed E-state index contributed by atoms with van der Waals surface area (Å²) in [5.74, 6) is -0.617. The molecule has 1 atom stereocenters. The molecule has 0 bridgehead atoms. The van der Waals surface area contributed by atoms with Gasteiger partial charge in [0, 0.05) is 24.7 Å². The molecule has 1 aromatic carbocycles. The first-order valence-electron chi connectivity index (χ1n) is 6.45. The first-order valence-corrected chi connectivity index (χ1v) is 6.83. The number of nitro groups is 1. The minimum atomic E-state index is -0.532. The van der Waals surface area contributed by atoms with Crippen LogP contribution in [0.2, 0.25) is 5.02 Å². The van der Waals surface area contributed by atoms with Gasteiger partial charge in [-0.2, -0.15) is 0 Å². The predicted octanol–water partition coefficient (Wildman–Crippen LogP) is 1.44. The number of amides is 1. The van der Waals surface area contributed by atoms with Gasteiger partial charge in [-0.05, 0) is 23.3 Å². The largest absolute Gasteiger partial charge is 0.380 e. The predicted molar refractivity (Wildman–Crippen MR) is 82.2 cm³/mol. The van der Waals surface area contributed by atoms with Crippen molar-refractivity contribution in [3.05, 3.63) is 39.0 Å². The quantitative estimate of drug-likeness (QED) is 0.528. The van der Waals surface area contributed by atoms with Gasteiger partial charge in [0.15, 0.2) is 0 Å². The molecule has 0 saturated carbocycles. The van der Waals surface area contributed by atoms with E-state index in [0.29, 0.717) is 5.69 Å². The van der Waals surface area contributed by atoms with E-state index in [-0.39, 0.29) is 34.8 Å². The molecule has 0 spiro atoms. The molecule has 23 heavy (non-hydrogen) atoms. The number of carbonyl (C=O) groups is 1. The summed E-state index contributed by atoms with van der Waals surface area (Å²) in [5.41, 5.74) is 5.74. The van der Waals surface area contributed by atoms with Crippen molar-refractivity contribution in [3.63, 3.8) is 0 Å². The number of anilines is 2. The van der Waals surface area contributed by atoms with Gasteiger partial charge in [-0.25, -0.2) is 4.63 Å². The van der Waals surface area contributed by atoms with Crippen LogP contribution in [0, 0.1) is 10.1 Å². The molecule has 2 aromatic rings. The highest BCUT2D eigenvalue weighted by Crippen LogP contribution is 2.27. The summed E-state index contributed by atoms with van der Waals surface area (Å²) in [6.07, 6.45) is 0. The molecule has 0 saturated heterocycles. The Morgan fingerprint density at radius 1 is 1.52 bits per heavy atom. The Morgan fingerprint density at radius 3 is 2.83 bits per heavy atom. The topological polar surface area (TPSA) is 149 Å². The lowest BCUT2D eigenvalue weighted by molar-refractivity contribution is -0.384. The number of nitrogens with one attached hydrogen (secondary N) is 2. The van der Waals surface area contributed by atoms with Crippen LogP contribution in [0.4, 0.5) is 17.2 Å². The van der Waals surface area contributed by atoms with Crippen LogP contribution in [0.1, 0.15) is 17.4 Å². The number of benzene rings is 1. The summed E-state index contributed by atoms with van der Waals surface area (Å²) in [6.45, 7) is 2.03. The molecule has 1 aromatic heterocycles. The van der Waals surface area contributed by atoms with Crippen molar-refractivity contribution >= 4 is 34.7 Å². The molecule has 0 radical (unpaired) electrons. The van der Waals surface area contributed by atoms with Gasteiger partial charge < -0.3 is 16.4 Å². The number of halogens is 1. The van der Waals surface area contributed by atoms with Gasteiger partial charge in [0.05, 0.1) is 15.6 Å². The number of nitro benzene ring substituents is 1. The molecule has 1 heterocycles. The Morgan fingerprint density at radius 2 is 2.26 bits per heavy atom. The van der Waals surface area contributed by atoms with Gasteiger partial charge in [0.1, 0.15) is 0 Å². The molecule has 0 fully saturated rings. The van der Waals surface area contributed by atoms with E-state index in [0.717, 1.165) is 0 Å². The van der Waals surface area contributed by atoms with Crippen molar-refractivity contribution in [3.8, 4) is 0 Å². The van der Waals surface area contributed by atoms with E-state index in [1.807, 2.05) is 0 Å². The van der Waals surface area contributed by atoms with Gasteiger partial charge in [-0.3, -0.25) is 14.9 Å². The van der Waals surface area contributed by atoms with E-state index >= 15 is 0 Å². The highest BCUT2D eigenvalue weighted by molar-refractivity contribution is 6.33. The lowest BCUT2D eigenvalue weighted by atomic mass is 10.2. The van der Waals surface area contributed by atoms with Gasteiger partial charge in [0.25, 0.3) is 11.6 Å². The van der Waals surface area contributed by atoms with Crippen LogP contribution in [0.5, 0.6) is 0 Å². The number of rotatable bonds is 6. The molecule has 122 valence electrons. The summed E-state index contributed by atoms with van der Waals surface area (Å²) in [5, 5.41) is 23.2. The van der Waals surface area contributed by atoms with Gasteiger partial charge >= 0.3 is 0 Å². The summed E-state index contributed by atoms with van der Waals surface area (Å²) in [7, 11) is 0. The summed E-state index contributed by atoms with van der Waals surface area (Å²) >= 11 is 5.98. The lowest BCUT2D eigenvalue weighted by Gasteiger charge is -2.16. The third-order valence-corrected chi connectivity index (χ3v) is 3.18. The van der Waals surface area contributed by atoms with Crippen LogP contribution in [0.15, 0.2) is 22.8 Å². The smallest absolute Gasteiger partial charge is 0.277 e. The Bertz CT molecular complexity index is 734. The zero-order valence-electron chi connectivity index (χ0n) is 11.9. The van der Waals surface area contributed by atoms with Crippen LogP contribution in [-0.2, 0) is 0 Å². The Hall–Kier alpha value is -2.88.